The van der Waals surface area contributed by atoms with Crippen LogP contribution < -0.4 is 10.1 Å². The minimum Gasteiger partial charge on any atom is -0.492 e. The minimum atomic E-state index is -0.0957. The summed E-state index contributed by atoms with van der Waals surface area (Å²) in [5.41, 5.74) is 3.89. The summed E-state index contributed by atoms with van der Waals surface area (Å²) >= 11 is 5.89. The molecule has 1 heterocycles. The summed E-state index contributed by atoms with van der Waals surface area (Å²) in [6.07, 6.45) is 1.56. The number of aryl methyl sites for hydroxylation is 2. The fourth-order valence-electron chi connectivity index (χ4n) is 3.61. The van der Waals surface area contributed by atoms with E-state index in [1.54, 1.807) is 24.3 Å². The monoisotopic (exact) mass is 447 g/mol. The van der Waals surface area contributed by atoms with Gasteiger partial charge >= 0.3 is 0 Å². The Morgan fingerprint density at radius 3 is 2.56 bits per heavy atom. The zero-order valence-corrected chi connectivity index (χ0v) is 18.8. The lowest BCUT2D eigenvalue weighted by atomic mass is 10.2. The summed E-state index contributed by atoms with van der Waals surface area (Å²) in [7, 11) is 0. The SMILES string of the molecule is Cc1ccc(OCCn2c(CCCNC(=O)c3ccc(Cl)cc3)nc3ccccc32)cc1. The Morgan fingerprint density at radius 2 is 1.78 bits per heavy atom. The molecule has 0 saturated heterocycles. The van der Waals surface area contributed by atoms with Gasteiger partial charge in [-0.05, 0) is 61.9 Å². The van der Waals surface area contributed by atoms with Gasteiger partial charge in [0.1, 0.15) is 18.2 Å². The highest BCUT2D eigenvalue weighted by atomic mass is 35.5. The second-order valence-electron chi connectivity index (χ2n) is 7.70. The third-order valence-corrected chi connectivity index (χ3v) is 5.56. The van der Waals surface area contributed by atoms with Crippen molar-refractivity contribution in [3.63, 3.8) is 0 Å². The molecule has 3 aromatic carbocycles. The Labute approximate surface area is 193 Å². The maximum absolute atomic E-state index is 12.3. The lowest BCUT2D eigenvalue weighted by Crippen LogP contribution is -2.25. The van der Waals surface area contributed by atoms with E-state index in [-0.39, 0.29) is 5.91 Å². The van der Waals surface area contributed by atoms with Crippen molar-refractivity contribution < 1.29 is 9.53 Å². The van der Waals surface area contributed by atoms with Gasteiger partial charge in [0, 0.05) is 23.6 Å². The van der Waals surface area contributed by atoms with E-state index in [1.807, 2.05) is 42.5 Å². The molecule has 4 rings (SSSR count). The van der Waals surface area contributed by atoms with Crippen LogP contribution in [0.1, 0.15) is 28.2 Å². The number of halogens is 1. The first kappa shape index (κ1) is 21.9. The van der Waals surface area contributed by atoms with Crippen LogP contribution in [0.25, 0.3) is 11.0 Å². The van der Waals surface area contributed by atoms with Crippen molar-refractivity contribution in [1.82, 2.24) is 14.9 Å². The molecule has 164 valence electrons. The van der Waals surface area contributed by atoms with Gasteiger partial charge in [-0.1, -0.05) is 41.4 Å². The Morgan fingerprint density at radius 1 is 1.03 bits per heavy atom. The molecule has 0 aliphatic heterocycles. The van der Waals surface area contributed by atoms with Crippen LogP contribution in [0, 0.1) is 6.92 Å². The average Bonchev–Trinajstić information content (AvgIpc) is 3.16. The van der Waals surface area contributed by atoms with Crippen LogP contribution >= 0.6 is 11.6 Å². The number of benzene rings is 3. The van der Waals surface area contributed by atoms with Gasteiger partial charge in [-0.25, -0.2) is 4.98 Å². The molecule has 1 aromatic heterocycles. The van der Waals surface area contributed by atoms with Crippen molar-refractivity contribution in [2.24, 2.45) is 0 Å². The van der Waals surface area contributed by atoms with E-state index in [2.05, 4.69) is 22.9 Å². The Kier molecular flexibility index (Phi) is 7.07. The molecule has 0 saturated carbocycles. The lowest BCUT2D eigenvalue weighted by molar-refractivity contribution is 0.0953. The molecule has 0 aliphatic carbocycles. The van der Waals surface area contributed by atoms with Crippen molar-refractivity contribution in [2.75, 3.05) is 13.2 Å². The molecule has 0 atom stereocenters. The fraction of sp³-hybridized carbons (Fsp3) is 0.231. The third kappa shape index (κ3) is 5.48. The number of hydrogen-bond acceptors (Lipinski definition) is 3. The molecule has 0 fully saturated rings. The second kappa shape index (κ2) is 10.3. The lowest BCUT2D eigenvalue weighted by Gasteiger charge is -2.11. The van der Waals surface area contributed by atoms with Crippen molar-refractivity contribution >= 4 is 28.5 Å². The van der Waals surface area contributed by atoms with Gasteiger partial charge in [-0.3, -0.25) is 4.79 Å². The number of aromatic nitrogens is 2. The molecular formula is C26H26ClN3O2. The first-order chi connectivity index (χ1) is 15.6. The molecule has 0 spiro atoms. The summed E-state index contributed by atoms with van der Waals surface area (Å²) < 4.78 is 8.15. The maximum atomic E-state index is 12.3. The molecule has 0 unspecified atom stereocenters. The first-order valence-electron chi connectivity index (χ1n) is 10.8. The summed E-state index contributed by atoms with van der Waals surface area (Å²) in [6, 6.07) is 23.1. The van der Waals surface area contributed by atoms with E-state index in [1.165, 1.54) is 5.56 Å². The van der Waals surface area contributed by atoms with Crippen LogP contribution in [-0.2, 0) is 13.0 Å². The molecule has 1 amide bonds. The highest BCUT2D eigenvalue weighted by Gasteiger charge is 2.11. The van der Waals surface area contributed by atoms with Gasteiger partial charge in [0.2, 0.25) is 0 Å². The number of carbonyl (C=O) groups excluding carboxylic acids is 1. The molecule has 32 heavy (non-hydrogen) atoms. The van der Waals surface area contributed by atoms with Crippen LogP contribution in [0.5, 0.6) is 5.75 Å². The predicted molar refractivity (Wildman–Crippen MR) is 129 cm³/mol. The Balaban J connectivity index is 1.35. The number of carbonyl (C=O) groups is 1. The van der Waals surface area contributed by atoms with Gasteiger partial charge in [0.25, 0.3) is 5.91 Å². The molecule has 5 nitrogen and oxygen atoms in total. The molecule has 0 radical (unpaired) electrons. The fourth-order valence-corrected chi connectivity index (χ4v) is 3.73. The maximum Gasteiger partial charge on any atom is 0.251 e. The van der Waals surface area contributed by atoms with E-state index in [0.29, 0.717) is 30.3 Å². The molecule has 0 aliphatic rings. The minimum absolute atomic E-state index is 0.0957. The Hall–Kier alpha value is -3.31. The zero-order valence-electron chi connectivity index (χ0n) is 18.1. The Bertz CT molecular complexity index is 1180. The number of amides is 1. The smallest absolute Gasteiger partial charge is 0.251 e. The van der Waals surface area contributed by atoms with E-state index in [0.717, 1.165) is 35.4 Å². The van der Waals surface area contributed by atoms with Gasteiger partial charge in [-0.15, -0.1) is 0 Å². The highest BCUT2D eigenvalue weighted by Crippen LogP contribution is 2.18. The van der Waals surface area contributed by atoms with Gasteiger partial charge < -0.3 is 14.6 Å². The largest absolute Gasteiger partial charge is 0.492 e. The summed E-state index contributed by atoms with van der Waals surface area (Å²) in [5, 5.41) is 3.58. The van der Waals surface area contributed by atoms with E-state index in [9.17, 15) is 4.79 Å². The number of rotatable bonds is 9. The molecule has 4 aromatic rings. The van der Waals surface area contributed by atoms with E-state index >= 15 is 0 Å². The number of nitrogens with one attached hydrogen (secondary N) is 1. The van der Waals surface area contributed by atoms with E-state index in [4.69, 9.17) is 21.3 Å². The summed E-state index contributed by atoms with van der Waals surface area (Å²) in [5.74, 6) is 1.77. The van der Waals surface area contributed by atoms with Gasteiger partial charge in [-0.2, -0.15) is 0 Å². The number of imidazole rings is 1. The third-order valence-electron chi connectivity index (χ3n) is 5.31. The van der Waals surface area contributed by atoms with E-state index < -0.39 is 0 Å². The van der Waals surface area contributed by atoms with Crippen molar-refractivity contribution in [2.45, 2.75) is 26.3 Å². The number of fused-ring (bicyclic) bond motifs is 1. The molecule has 1 N–H and O–H groups in total. The van der Waals surface area contributed by atoms with Crippen molar-refractivity contribution in [1.29, 1.82) is 0 Å². The van der Waals surface area contributed by atoms with Crippen LogP contribution in [0.2, 0.25) is 5.02 Å². The molecule has 0 bridgehead atoms. The van der Waals surface area contributed by atoms with Crippen LogP contribution in [0.15, 0.2) is 72.8 Å². The number of para-hydroxylation sites is 2. The first-order valence-corrected chi connectivity index (χ1v) is 11.2. The van der Waals surface area contributed by atoms with Crippen LogP contribution in [-0.4, -0.2) is 28.6 Å². The van der Waals surface area contributed by atoms with Crippen LogP contribution in [0.4, 0.5) is 0 Å². The second-order valence-corrected chi connectivity index (χ2v) is 8.13. The summed E-state index contributed by atoms with van der Waals surface area (Å²) in [4.78, 5) is 17.1. The standard InChI is InChI=1S/C26H26ClN3O2/c1-19-8-14-22(15-9-19)32-18-17-30-24-6-3-2-5-23(24)29-25(30)7-4-16-28-26(31)20-10-12-21(27)13-11-20/h2-3,5-6,8-15H,4,7,16-18H2,1H3,(H,28,31). The average molecular weight is 448 g/mol. The van der Waals surface area contributed by atoms with Crippen molar-refractivity contribution in [3.8, 4) is 5.75 Å². The van der Waals surface area contributed by atoms with Gasteiger partial charge in [0.05, 0.1) is 17.6 Å². The number of nitrogens with zero attached hydrogens (tertiary/aromatic N) is 2. The zero-order chi connectivity index (χ0) is 22.3. The summed E-state index contributed by atoms with van der Waals surface area (Å²) in [6.45, 7) is 3.90. The highest BCUT2D eigenvalue weighted by molar-refractivity contribution is 6.30. The van der Waals surface area contributed by atoms with Gasteiger partial charge in [0.15, 0.2) is 0 Å². The quantitative estimate of drug-likeness (QED) is 0.347. The van der Waals surface area contributed by atoms with Crippen LogP contribution in [0.3, 0.4) is 0 Å². The number of ether oxygens (including phenoxy) is 1. The topological polar surface area (TPSA) is 56.1 Å². The molecule has 6 heteroatoms. The van der Waals surface area contributed by atoms with Crippen molar-refractivity contribution in [3.05, 3.63) is 94.8 Å². The number of hydrogen-bond donors (Lipinski definition) is 1. The predicted octanol–water partition coefficient (Wildman–Crippen LogP) is 5.44. The molecular weight excluding hydrogens is 422 g/mol. The normalized spacial score (nSPS) is 10.9.